The SMILES string of the molecule is CC(C)OCCCNC(=O)C1CCN(S(=O)(=O)Cc2c(Cl)cccc2Cl)CC1. The van der Waals surface area contributed by atoms with Gasteiger partial charge in [0.05, 0.1) is 11.9 Å². The van der Waals surface area contributed by atoms with Crippen molar-refractivity contribution in [1.29, 1.82) is 0 Å². The van der Waals surface area contributed by atoms with Crippen LogP contribution in [0.4, 0.5) is 0 Å². The van der Waals surface area contributed by atoms with Gasteiger partial charge in [-0.3, -0.25) is 4.79 Å². The van der Waals surface area contributed by atoms with Crippen molar-refractivity contribution in [2.75, 3.05) is 26.2 Å². The van der Waals surface area contributed by atoms with Crippen LogP contribution in [0.1, 0.15) is 38.7 Å². The zero-order valence-corrected chi connectivity index (χ0v) is 18.6. The van der Waals surface area contributed by atoms with Gasteiger partial charge >= 0.3 is 0 Å². The van der Waals surface area contributed by atoms with Gasteiger partial charge in [-0.05, 0) is 45.2 Å². The molecule has 0 bridgehead atoms. The van der Waals surface area contributed by atoms with Crippen LogP contribution in [0.15, 0.2) is 18.2 Å². The van der Waals surface area contributed by atoms with E-state index in [1.54, 1.807) is 18.2 Å². The summed E-state index contributed by atoms with van der Waals surface area (Å²) in [4.78, 5) is 12.3. The number of hydrogen-bond donors (Lipinski definition) is 1. The van der Waals surface area contributed by atoms with E-state index in [0.717, 1.165) is 6.42 Å². The van der Waals surface area contributed by atoms with Crippen molar-refractivity contribution in [3.63, 3.8) is 0 Å². The molecule has 1 aliphatic rings. The summed E-state index contributed by atoms with van der Waals surface area (Å²) >= 11 is 12.2. The Balaban J connectivity index is 1.81. The molecule has 0 spiro atoms. The Kier molecular flexibility index (Phi) is 9.02. The maximum absolute atomic E-state index is 12.7. The van der Waals surface area contributed by atoms with Crippen molar-refractivity contribution < 1.29 is 17.9 Å². The highest BCUT2D eigenvalue weighted by molar-refractivity contribution is 7.88. The van der Waals surface area contributed by atoms with Crippen LogP contribution in [0.2, 0.25) is 10.0 Å². The highest BCUT2D eigenvalue weighted by Crippen LogP contribution is 2.28. The van der Waals surface area contributed by atoms with E-state index >= 15 is 0 Å². The van der Waals surface area contributed by atoms with E-state index in [1.807, 2.05) is 13.8 Å². The number of hydrogen-bond acceptors (Lipinski definition) is 4. The molecule has 1 amide bonds. The van der Waals surface area contributed by atoms with Crippen molar-refractivity contribution in [2.24, 2.45) is 5.92 Å². The van der Waals surface area contributed by atoms with Crippen LogP contribution >= 0.6 is 23.2 Å². The second kappa shape index (κ2) is 10.8. The molecule has 158 valence electrons. The lowest BCUT2D eigenvalue weighted by Gasteiger charge is -2.30. The quantitative estimate of drug-likeness (QED) is 0.584. The second-order valence-electron chi connectivity index (χ2n) is 7.19. The molecule has 1 fully saturated rings. The summed E-state index contributed by atoms with van der Waals surface area (Å²) in [6.07, 6.45) is 1.95. The summed E-state index contributed by atoms with van der Waals surface area (Å²) in [7, 11) is -3.55. The molecule has 1 aromatic carbocycles. The third-order valence-electron chi connectivity index (χ3n) is 4.68. The average molecular weight is 451 g/mol. The zero-order valence-electron chi connectivity index (χ0n) is 16.3. The fourth-order valence-electron chi connectivity index (χ4n) is 3.09. The van der Waals surface area contributed by atoms with Gasteiger partial charge in [0, 0.05) is 47.8 Å². The summed E-state index contributed by atoms with van der Waals surface area (Å²) in [6, 6.07) is 4.93. The Morgan fingerprint density at radius 1 is 1.25 bits per heavy atom. The summed E-state index contributed by atoms with van der Waals surface area (Å²) < 4.78 is 32.3. The molecule has 0 saturated carbocycles. The van der Waals surface area contributed by atoms with E-state index < -0.39 is 10.0 Å². The van der Waals surface area contributed by atoms with E-state index in [4.69, 9.17) is 27.9 Å². The monoisotopic (exact) mass is 450 g/mol. The molecular formula is C19H28Cl2N2O4S. The topological polar surface area (TPSA) is 75.7 Å². The molecular weight excluding hydrogens is 423 g/mol. The molecule has 0 aliphatic carbocycles. The molecule has 0 aromatic heterocycles. The molecule has 1 aliphatic heterocycles. The lowest BCUT2D eigenvalue weighted by Crippen LogP contribution is -2.43. The fourth-order valence-corrected chi connectivity index (χ4v) is 5.40. The van der Waals surface area contributed by atoms with E-state index in [-0.39, 0.29) is 23.7 Å². The lowest BCUT2D eigenvalue weighted by atomic mass is 9.97. The number of sulfonamides is 1. The Bertz CT molecular complexity index is 743. The first-order chi connectivity index (χ1) is 13.2. The maximum atomic E-state index is 12.7. The standard InChI is InChI=1S/C19H28Cl2N2O4S/c1-14(2)27-12-4-9-22-19(24)15-7-10-23(11-8-15)28(25,26)13-16-17(20)5-3-6-18(16)21/h3,5-6,14-15H,4,7-13H2,1-2H3,(H,22,24). The van der Waals surface area contributed by atoms with Crippen LogP contribution in [0.3, 0.4) is 0 Å². The van der Waals surface area contributed by atoms with Gasteiger partial charge in [-0.2, -0.15) is 0 Å². The number of halogens is 2. The van der Waals surface area contributed by atoms with Crippen molar-refractivity contribution in [3.05, 3.63) is 33.8 Å². The van der Waals surface area contributed by atoms with Crippen LogP contribution in [-0.2, 0) is 25.3 Å². The number of nitrogens with one attached hydrogen (secondary N) is 1. The van der Waals surface area contributed by atoms with Crippen molar-refractivity contribution >= 4 is 39.1 Å². The predicted molar refractivity (Wildman–Crippen MR) is 112 cm³/mol. The van der Waals surface area contributed by atoms with Gasteiger partial charge in [-0.25, -0.2) is 12.7 Å². The first-order valence-electron chi connectivity index (χ1n) is 9.50. The number of carbonyl (C=O) groups excluding carboxylic acids is 1. The Morgan fingerprint density at radius 2 is 1.86 bits per heavy atom. The van der Waals surface area contributed by atoms with Crippen LogP contribution < -0.4 is 5.32 Å². The summed E-state index contributed by atoms with van der Waals surface area (Å²) in [5, 5.41) is 3.59. The third-order valence-corrected chi connectivity index (χ3v) is 7.19. The van der Waals surface area contributed by atoms with Crippen molar-refractivity contribution in [1.82, 2.24) is 9.62 Å². The van der Waals surface area contributed by atoms with E-state index in [9.17, 15) is 13.2 Å². The number of amides is 1. The Hall–Kier alpha value is -0.860. The lowest BCUT2D eigenvalue weighted by molar-refractivity contribution is -0.126. The van der Waals surface area contributed by atoms with Gasteiger partial charge < -0.3 is 10.1 Å². The van der Waals surface area contributed by atoms with Gasteiger partial charge in [0.2, 0.25) is 15.9 Å². The van der Waals surface area contributed by atoms with E-state index in [2.05, 4.69) is 5.32 Å². The highest BCUT2D eigenvalue weighted by atomic mass is 35.5. The highest BCUT2D eigenvalue weighted by Gasteiger charge is 2.31. The smallest absolute Gasteiger partial charge is 0.223 e. The number of carbonyl (C=O) groups is 1. The Morgan fingerprint density at radius 3 is 2.43 bits per heavy atom. The minimum Gasteiger partial charge on any atom is -0.379 e. The molecule has 1 aromatic rings. The third kappa shape index (κ3) is 6.88. The van der Waals surface area contributed by atoms with Crippen LogP contribution in [0.5, 0.6) is 0 Å². The normalized spacial score (nSPS) is 16.5. The Labute approximate surface area is 177 Å². The number of benzene rings is 1. The minimum absolute atomic E-state index is 0.0178. The van der Waals surface area contributed by atoms with E-state index in [1.165, 1.54) is 4.31 Å². The van der Waals surface area contributed by atoms with E-state index in [0.29, 0.717) is 54.7 Å². The molecule has 28 heavy (non-hydrogen) atoms. The molecule has 1 N–H and O–H groups in total. The summed E-state index contributed by atoms with van der Waals surface area (Å²) in [6.45, 7) is 5.76. The molecule has 0 unspecified atom stereocenters. The maximum Gasteiger partial charge on any atom is 0.223 e. The van der Waals surface area contributed by atoms with Gasteiger partial charge in [0.15, 0.2) is 0 Å². The molecule has 9 heteroatoms. The number of rotatable bonds is 9. The number of piperidine rings is 1. The summed E-state index contributed by atoms with van der Waals surface area (Å²) in [5.74, 6) is -0.421. The fraction of sp³-hybridized carbons (Fsp3) is 0.632. The molecule has 1 heterocycles. The number of nitrogens with zero attached hydrogens (tertiary/aromatic N) is 1. The zero-order chi connectivity index (χ0) is 20.7. The molecule has 0 radical (unpaired) electrons. The number of ether oxygens (including phenoxy) is 1. The molecule has 2 rings (SSSR count). The van der Waals surface area contributed by atoms with Crippen LogP contribution in [0.25, 0.3) is 0 Å². The first-order valence-corrected chi connectivity index (χ1v) is 11.9. The second-order valence-corrected chi connectivity index (χ2v) is 9.98. The van der Waals surface area contributed by atoms with Gasteiger partial charge in [-0.15, -0.1) is 0 Å². The molecule has 0 atom stereocenters. The van der Waals surface area contributed by atoms with Gasteiger partial charge in [0.1, 0.15) is 0 Å². The van der Waals surface area contributed by atoms with Crippen molar-refractivity contribution in [3.8, 4) is 0 Å². The minimum atomic E-state index is -3.55. The molecule has 6 nitrogen and oxygen atoms in total. The van der Waals surface area contributed by atoms with Crippen LogP contribution in [0, 0.1) is 5.92 Å². The van der Waals surface area contributed by atoms with Gasteiger partial charge in [0.25, 0.3) is 0 Å². The van der Waals surface area contributed by atoms with Crippen molar-refractivity contribution in [2.45, 2.75) is 45.0 Å². The largest absolute Gasteiger partial charge is 0.379 e. The first kappa shape index (κ1) is 23.4. The van der Waals surface area contributed by atoms with Gasteiger partial charge in [-0.1, -0.05) is 29.3 Å². The van der Waals surface area contributed by atoms with Crippen LogP contribution in [-0.4, -0.2) is 51.0 Å². The summed E-state index contributed by atoms with van der Waals surface area (Å²) in [5.41, 5.74) is 0.411. The molecule has 1 saturated heterocycles. The average Bonchev–Trinajstić information content (AvgIpc) is 2.64. The predicted octanol–water partition coefficient (Wildman–Crippen LogP) is 3.47.